The van der Waals surface area contributed by atoms with Crippen LogP contribution in [0.25, 0.3) is 0 Å². The molecule has 0 spiro atoms. The summed E-state index contributed by atoms with van der Waals surface area (Å²) in [5.41, 5.74) is 0.844. The minimum absolute atomic E-state index is 0.176. The van der Waals surface area contributed by atoms with E-state index in [0.29, 0.717) is 13.0 Å². The molecule has 0 aliphatic heterocycles. The largest absolute Gasteiger partial charge is 0.384 e. The summed E-state index contributed by atoms with van der Waals surface area (Å²) in [6.45, 7) is 2.47. The topological polar surface area (TPSA) is 26.3 Å². The van der Waals surface area contributed by atoms with Gasteiger partial charge in [-0.15, -0.1) is 11.3 Å². The lowest BCUT2D eigenvalue weighted by Gasteiger charge is -1.97. The second kappa shape index (κ2) is 4.38. The third-order valence-electron chi connectivity index (χ3n) is 1.69. The smallest absolute Gasteiger partial charge is 0.166 e. The SMILES string of the molecule is COCCC(=O)c1ccsc1C. The van der Waals surface area contributed by atoms with E-state index >= 15 is 0 Å². The number of carbonyl (C=O) groups is 1. The van der Waals surface area contributed by atoms with E-state index < -0.39 is 0 Å². The van der Waals surface area contributed by atoms with Gasteiger partial charge in [0.25, 0.3) is 0 Å². The molecular weight excluding hydrogens is 172 g/mol. The van der Waals surface area contributed by atoms with Crippen molar-refractivity contribution < 1.29 is 9.53 Å². The molecule has 0 bridgehead atoms. The maximum absolute atomic E-state index is 11.4. The summed E-state index contributed by atoms with van der Waals surface area (Å²) < 4.78 is 4.83. The molecule has 0 radical (unpaired) electrons. The van der Waals surface area contributed by atoms with Crippen molar-refractivity contribution in [3.8, 4) is 0 Å². The van der Waals surface area contributed by atoms with Crippen molar-refractivity contribution >= 4 is 17.1 Å². The number of aryl methyl sites for hydroxylation is 1. The molecule has 66 valence electrons. The molecule has 2 nitrogen and oxygen atoms in total. The van der Waals surface area contributed by atoms with E-state index in [2.05, 4.69) is 0 Å². The van der Waals surface area contributed by atoms with Crippen LogP contribution in [0.15, 0.2) is 11.4 Å². The molecule has 3 heteroatoms. The van der Waals surface area contributed by atoms with Gasteiger partial charge in [-0.1, -0.05) is 0 Å². The van der Waals surface area contributed by atoms with E-state index in [4.69, 9.17) is 4.74 Å². The quantitative estimate of drug-likeness (QED) is 0.671. The van der Waals surface area contributed by atoms with Gasteiger partial charge in [0.15, 0.2) is 5.78 Å². The Balaban J connectivity index is 2.59. The molecule has 0 fully saturated rings. The van der Waals surface area contributed by atoms with Gasteiger partial charge in [0.05, 0.1) is 6.61 Å². The predicted molar refractivity (Wildman–Crippen MR) is 49.9 cm³/mol. The Labute approximate surface area is 76.2 Å². The van der Waals surface area contributed by atoms with Crippen LogP contribution in [0.4, 0.5) is 0 Å². The molecule has 0 aromatic carbocycles. The van der Waals surface area contributed by atoms with Crippen LogP contribution in [0.5, 0.6) is 0 Å². The minimum atomic E-state index is 0.176. The number of Topliss-reactive ketones (excluding diaryl/α,β-unsaturated/α-hetero) is 1. The van der Waals surface area contributed by atoms with Crippen LogP contribution >= 0.6 is 11.3 Å². The molecular formula is C9H12O2S. The fourth-order valence-electron chi connectivity index (χ4n) is 1.00. The van der Waals surface area contributed by atoms with Gasteiger partial charge < -0.3 is 4.74 Å². The highest BCUT2D eigenvalue weighted by Gasteiger charge is 2.08. The van der Waals surface area contributed by atoms with Gasteiger partial charge in [-0.2, -0.15) is 0 Å². The summed E-state index contributed by atoms with van der Waals surface area (Å²) in [5.74, 6) is 0.176. The zero-order valence-corrected chi connectivity index (χ0v) is 8.11. The molecule has 0 atom stereocenters. The highest BCUT2D eigenvalue weighted by Crippen LogP contribution is 2.16. The zero-order valence-electron chi connectivity index (χ0n) is 7.29. The minimum Gasteiger partial charge on any atom is -0.384 e. The maximum Gasteiger partial charge on any atom is 0.166 e. The van der Waals surface area contributed by atoms with Crippen LogP contribution in [0.3, 0.4) is 0 Å². The third kappa shape index (κ3) is 2.16. The number of thiophene rings is 1. The second-order valence-electron chi connectivity index (χ2n) is 2.56. The van der Waals surface area contributed by atoms with Crippen molar-refractivity contribution in [2.75, 3.05) is 13.7 Å². The van der Waals surface area contributed by atoms with E-state index in [-0.39, 0.29) is 5.78 Å². The summed E-state index contributed by atoms with van der Waals surface area (Å²) in [5, 5.41) is 1.94. The van der Waals surface area contributed by atoms with Gasteiger partial charge in [-0.3, -0.25) is 4.79 Å². The van der Waals surface area contributed by atoms with Crippen molar-refractivity contribution in [3.63, 3.8) is 0 Å². The van der Waals surface area contributed by atoms with Crippen LogP contribution in [0.1, 0.15) is 21.7 Å². The van der Waals surface area contributed by atoms with Gasteiger partial charge in [0.2, 0.25) is 0 Å². The van der Waals surface area contributed by atoms with E-state index in [0.717, 1.165) is 10.4 Å². The van der Waals surface area contributed by atoms with Gasteiger partial charge in [0, 0.05) is 24.0 Å². The molecule has 12 heavy (non-hydrogen) atoms. The average Bonchev–Trinajstić information content (AvgIpc) is 2.47. The lowest BCUT2D eigenvalue weighted by molar-refractivity contribution is 0.0932. The summed E-state index contributed by atoms with van der Waals surface area (Å²) in [4.78, 5) is 12.5. The first kappa shape index (κ1) is 9.42. The van der Waals surface area contributed by atoms with E-state index in [1.165, 1.54) is 0 Å². The summed E-state index contributed by atoms with van der Waals surface area (Å²) in [6, 6.07) is 1.87. The number of ether oxygens (including phenoxy) is 1. The number of ketones is 1. The number of hydrogen-bond acceptors (Lipinski definition) is 3. The summed E-state index contributed by atoms with van der Waals surface area (Å²) >= 11 is 1.60. The Morgan fingerprint density at radius 2 is 2.42 bits per heavy atom. The zero-order chi connectivity index (χ0) is 8.97. The first-order valence-electron chi connectivity index (χ1n) is 3.82. The molecule has 1 aromatic rings. The normalized spacial score (nSPS) is 10.2. The average molecular weight is 184 g/mol. The third-order valence-corrected chi connectivity index (χ3v) is 2.54. The number of hydrogen-bond donors (Lipinski definition) is 0. The summed E-state index contributed by atoms with van der Waals surface area (Å²) in [7, 11) is 1.60. The molecule has 0 amide bonds. The monoisotopic (exact) mass is 184 g/mol. The molecule has 0 saturated heterocycles. The molecule has 0 saturated carbocycles. The predicted octanol–water partition coefficient (Wildman–Crippen LogP) is 2.28. The van der Waals surface area contributed by atoms with Gasteiger partial charge in [-0.25, -0.2) is 0 Å². The summed E-state index contributed by atoms with van der Waals surface area (Å²) in [6.07, 6.45) is 0.480. The van der Waals surface area contributed by atoms with Crippen molar-refractivity contribution in [2.24, 2.45) is 0 Å². The highest BCUT2D eigenvalue weighted by molar-refractivity contribution is 7.10. The molecule has 1 heterocycles. The van der Waals surface area contributed by atoms with Crippen molar-refractivity contribution in [2.45, 2.75) is 13.3 Å². The molecule has 0 aliphatic carbocycles. The Morgan fingerprint density at radius 1 is 1.67 bits per heavy atom. The lowest BCUT2D eigenvalue weighted by Crippen LogP contribution is -2.02. The fraction of sp³-hybridized carbons (Fsp3) is 0.444. The van der Waals surface area contributed by atoms with Crippen molar-refractivity contribution in [3.05, 3.63) is 21.9 Å². The number of carbonyl (C=O) groups excluding carboxylic acids is 1. The van der Waals surface area contributed by atoms with Gasteiger partial charge in [-0.05, 0) is 18.4 Å². The van der Waals surface area contributed by atoms with Crippen LogP contribution in [-0.4, -0.2) is 19.5 Å². The highest BCUT2D eigenvalue weighted by atomic mass is 32.1. The van der Waals surface area contributed by atoms with Crippen molar-refractivity contribution in [1.29, 1.82) is 0 Å². The van der Waals surface area contributed by atoms with E-state index in [1.807, 2.05) is 18.4 Å². The lowest BCUT2D eigenvalue weighted by atomic mass is 10.1. The molecule has 1 aromatic heterocycles. The molecule has 0 unspecified atom stereocenters. The molecule has 0 N–H and O–H groups in total. The standard InChI is InChI=1S/C9H12O2S/c1-7-8(4-6-12-7)9(10)3-5-11-2/h4,6H,3,5H2,1-2H3. The van der Waals surface area contributed by atoms with Gasteiger partial charge in [0.1, 0.15) is 0 Å². The Morgan fingerprint density at radius 3 is 2.92 bits per heavy atom. The van der Waals surface area contributed by atoms with E-state index in [9.17, 15) is 4.79 Å². The van der Waals surface area contributed by atoms with Crippen LogP contribution in [0.2, 0.25) is 0 Å². The van der Waals surface area contributed by atoms with Crippen molar-refractivity contribution in [1.82, 2.24) is 0 Å². The Kier molecular flexibility index (Phi) is 3.44. The van der Waals surface area contributed by atoms with E-state index in [1.54, 1.807) is 18.4 Å². The van der Waals surface area contributed by atoms with Gasteiger partial charge >= 0.3 is 0 Å². The first-order valence-corrected chi connectivity index (χ1v) is 4.70. The Bertz CT molecular complexity index is 265. The van der Waals surface area contributed by atoms with Crippen LogP contribution in [0, 0.1) is 6.92 Å². The number of rotatable bonds is 4. The first-order chi connectivity index (χ1) is 5.75. The second-order valence-corrected chi connectivity index (χ2v) is 3.68. The maximum atomic E-state index is 11.4. The number of methoxy groups -OCH3 is 1. The molecule has 0 aliphatic rings. The van der Waals surface area contributed by atoms with Crippen LogP contribution < -0.4 is 0 Å². The van der Waals surface area contributed by atoms with Crippen LogP contribution in [-0.2, 0) is 4.74 Å². The molecule has 1 rings (SSSR count). The Hall–Kier alpha value is -0.670. The fourth-order valence-corrected chi connectivity index (χ4v) is 1.72.